The highest BCUT2D eigenvalue weighted by atomic mass is 31.1. The van der Waals surface area contributed by atoms with Gasteiger partial charge in [0.15, 0.2) is 5.90 Å². The van der Waals surface area contributed by atoms with Crippen molar-refractivity contribution in [1.29, 1.82) is 0 Å². The molecule has 1 atom stereocenters. The van der Waals surface area contributed by atoms with Gasteiger partial charge in [-0.15, -0.1) is 0 Å². The van der Waals surface area contributed by atoms with Crippen LogP contribution in [0.25, 0.3) is 0 Å². The Kier molecular flexibility index (Phi) is 7.07. The number of ether oxygens (including phenoxy) is 1. The van der Waals surface area contributed by atoms with Gasteiger partial charge in [0.2, 0.25) is 0 Å². The van der Waals surface area contributed by atoms with E-state index in [2.05, 4.69) is 81.4 Å². The molecule has 0 radical (unpaired) electrons. The summed E-state index contributed by atoms with van der Waals surface area (Å²) in [7, 11) is -0.544. The number of aliphatic imine (C=N–C) groups is 1. The predicted octanol–water partition coefficient (Wildman–Crippen LogP) is 5.52. The van der Waals surface area contributed by atoms with E-state index < -0.39 is 7.92 Å². The Morgan fingerprint density at radius 3 is 1.96 bits per heavy atom. The van der Waals surface area contributed by atoms with Crippen LogP contribution in [0, 0.1) is 5.41 Å². The maximum atomic E-state index is 6.04. The largest absolute Gasteiger partial charge is 0.479 e. The summed E-state index contributed by atoms with van der Waals surface area (Å²) >= 11 is 0. The molecule has 0 bridgehead atoms. The fourth-order valence-corrected chi connectivity index (χ4v) is 6.46. The highest BCUT2D eigenvalue weighted by molar-refractivity contribution is 7.74. The maximum absolute atomic E-state index is 6.04. The van der Waals surface area contributed by atoms with E-state index in [-0.39, 0.29) is 0 Å². The second-order valence-electron chi connectivity index (χ2n) is 7.68. The molecule has 27 heavy (non-hydrogen) atoms. The van der Waals surface area contributed by atoms with Crippen LogP contribution in [0.3, 0.4) is 0 Å². The first-order valence-electron chi connectivity index (χ1n) is 10.2. The van der Waals surface area contributed by atoms with Crippen molar-refractivity contribution in [2.24, 2.45) is 10.4 Å². The molecule has 3 rings (SSSR count). The zero-order valence-electron chi connectivity index (χ0n) is 16.9. The lowest BCUT2D eigenvalue weighted by atomic mass is 9.80. The first-order valence-corrected chi connectivity index (χ1v) is 11.6. The Hall–Kier alpha value is -1.66. The molecule has 0 saturated heterocycles. The summed E-state index contributed by atoms with van der Waals surface area (Å²) in [6.45, 7) is 8.60. The molecule has 3 heteroatoms. The van der Waals surface area contributed by atoms with E-state index in [0.717, 1.165) is 25.5 Å². The van der Waals surface area contributed by atoms with Crippen molar-refractivity contribution >= 4 is 24.4 Å². The molecule has 0 saturated carbocycles. The highest BCUT2D eigenvalue weighted by Crippen LogP contribution is 2.45. The van der Waals surface area contributed by atoms with E-state index in [1.807, 2.05) is 0 Å². The Morgan fingerprint density at radius 1 is 0.963 bits per heavy atom. The summed E-state index contributed by atoms with van der Waals surface area (Å²) in [5.74, 6) is 0.989. The van der Waals surface area contributed by atoms with Gasteiger partial charge in [-0.1, -0.05) is 94.3 Å². The summed E-state index contributed by atoms with van der Waals surface area (Å²) in [6, 6.07) is 21.9. The van der Waals surface area contributed by atoms with Gasteiger partial charge in [0.05, 0.1) is 12.2 Å². The lowest BCUT2D eigenvalue weighted by Crippen LogP contribution is -2.30. The van der Waals surface area contributed by atoms with Crippen LogP contribution >= 0.6 is 7.92 Å². The Bertz CT molecular complexity index is 685. The third-order valence-corrected chi connectivity index (χ3v) is 8.81. The fourth-order valence-electron chi connectivity index (χ4n) is 3.69. The third-order valence-electron chi connectivity index (χ3n) is 6.00. The van der Waals surface area contributed by atoms with Crippen LogP contribution in [0.15, 0.2) is 65.7 Å². The van der Waals surface area contributed by atoms with Crippen LogP contribution < -0.4 is 10.6 Å². The quantitative estimate of drug-likeness (QED) is 0.524. The molecule has 0 fully saturated rings. The van der Waals surface area contributed by atoms with E-state index in [0.29, 0.717) is 11.1 Å². The minimum absolute atomic E-state index is 0.352. The van der Waals surface area contributed by atoms with E-state index in [9.17, 15) is 0 Å². The molecule has 2 aromatic carbocycles. The minimum atomic E-state index is -0.544. The predicted molar refractivity (Wildman–Crippen MR) is 119 cm³/mol. The molecule has 0 spiro atoms. The number of benzene rings is 2. The van der Waals surface area contributed by atoms with Crippen molar-refractivity contribution in [3.63, 3.8) is 0 Å². The van der Waals surface area contributed by atoms with Gasteiger partial charge in [-0.3, -0.25) is 4.99 Å². The molecule has 1 aliphatic heterocycles. The van der Waals surface area contributed by atoms with Crippen molar-refractivity contribution < 1.29 is 4.74 Å². The summed E-state index contributed by atoms with van der Waals surface area (Å²) in [5.41, 5.74) is 0.746. The van der Waals surface area contributed by atoms with Gasteiger partial charge in [-0.05, 0) is 36.8 Å². The van der Waals surface area contributed by atoms with Crippen LogP contribution in [0.5, 0.6) is 0 Å². The average Bonchev–Trinajstić information content (AvgIpc) is 3.26. The Labute approximate surface area is 165 Å². The fraction of sp³-hybridized carbons (Fsp3) is 0.458. The van der Waals surface area contributed by atoms with Crippen molar-refractivity contribution in [2.45, 2.75) is 52.1 Å². The van der Waals surface area contributed by atoms with Crippen LogP contribution in [0.4, 0.5) is 0 Å². The lowest BCUT2D eigenvalue weighted by molar-refractivity contribution is 0.264. The molecular weight excluding hydrogens is 349 g/mol. The zero-order chi connectivity index (χ0) is 19.1. The first kappa shape index (κ1) is 20.1. The average molecular weight is 382 g/mol. The van der Waals surface area contributed by atoms with Crippen LogP contribution in [0.2, 0.25) is 0 Å². The Balaban J connectivity index is 1.97. The van der Waals surface area contributed by atoms with E-state index in [1.54, 1.807) is 0 Å². The number of rotatable bonds is 9. The minimum Gasteiger partial charge on any atom is -0.479 e. The molecule has 144 valence electrons. The van der Waals surface area contributed by atoms with Gasteiger partial charge in [0, 0.05) is 0 Å². The van der Waals surface area contributed by atoms with Crippen molar-refractivity contribution in [3.05, 3.63) is 60.7 Å². The van der Waals surface area contributed by atoms with Gasteiger partial charge in [0.25, 0.3) is 0 Å². The Morgan fingerprint density at radius 2 is 1.52 bits per heavy atom. The second-order valence-corrected chi connectivity index (χ2v) is 10.1. The summed E-state index contributed by atoms with van der Waals surface area (Å²) in [5, 5.41) is 2.83. The van der Waals surface area contributed by atoms with Crippen LogP contribution in [0.1, 0.15) is 46.5 Å². The van der Waals surface area contributed by atoms with Crippen molar-refractivity contribution in [2.75, 3.05) is 13.2 Å². The topological polar surface area (TPSA) is 21.6 Å². The zero-order valence-corrected chi connectivity index (χ0v) is 17.8. The molecule has 1 heterocycles. The summed E-state index contributed by atoms with van der Waals surface area (Å²) in [6.07, 6.45) is 4.79. The molecule has 1 unspecified atom stereocenters. The molecule has 0 N–H and O–H groups in total. The monoisotopic (exact) mass is 381 g/mol. The normalized spacial score (nSPS) is 15.5. The molecule has 2 nitrogen and oxygen atoms in total. The van der Waals surface area contributed by atoms with Gasteiger partial charge < -0.3 is 4.74 Å². The third kappa shape index (κ3) is 4.99. The second kappa shape index (κ2) is 9.51. The lowest BCUT2D eigenvalue weighted by Gasteiger charge is -2.33. The van der Waals surface area contributed by atoms with Crippen LogP contribution in [-0.4, -0.2) is 24.7 Å². The van der Waals surface area contributed by atoms with Crippen LogP contribution in [-0.2, 0) is 4.74 Å². The summed E-state index contributed by atoms with van der Waals surface area (Å²) in [4.78, 5) is 4.77. The van der Waals surface area contributed by atoms with Crippen molar-refractivity contribution in [3.8, 4) is 0 Å². The molecule has 0 amide bonds. The SMILES string of the molecule is CCC(C)(CC)CCC(C1=NCCO1)P(c1ccccc1)c1ccccc1. The molecular formula is C24H32NOP. The highest BCUT2D eigenvalue weighted by Gasteiger charge is 2.33. The maximum Gasteiger partial charge on any atom is 0.191 e. The molecule has 2 aromatic rings. The van der Waals surface area contributed by atoms with E-state index in [4.69, 9.17) is 9.73 Å². The number of hydrogen-bond donors (Lipinski definition) is 0. The van der Waals surface area contributed by atoms with Crippen molar-refractivity contribution in [1.82, 2.24) is 0 Å². The standard InChI is InChI=1S/C24H32NOP/c1-4-24(3,5-2)17-16-22(23-25-18-19-26-23)27(20-12-8-6-9-13-20)21-14-10-7-11-15-21/h6-15,22H,4-5,16-19H2,1-3H3. The van der Waals surface area contributed by atoms with E-state index >= 15 is 0 Å². The molecule has 1 aliphatic rings. The number of hydrogen-bond acceptors (Lipinski definition) is 2. The van der Waals surface area contributed by atoms with Gasteiger partial charge >= 0.3 is 0 Å². The first-order chi connectivity index (χ1) is 13.2. The number of nitrogens with zero attached hydrogens (tertiary/aromatic N) is 1. The summed E-state index contributed by atoms with van der Waals surface area (Å²) < 4.78 is 6.04. The van der Waals surface area contributed by atoms with Gasteiger partial charge in [0.1, 0.15) is 6.61 Å². The molecule has 0 aliphatic carbocycles. The van der Waals surface area contributed by atoms with Gasteiger partial charge in [-0.25, -0.2) is 0 Å². The molecule has 0 aromatic heterocycles. The van der Waals surface area contributed by atoms with E-state index in [1.165, 1.54) is 29.9 Å². The van der Waals surface area contributed by atoms with Gasteiger partial charge in [-0.2, -0.15) is 0 Å². The smallest absolute Gasteiger partial charge is 0.191 e.